The van der Waals surface area contributed by atoms with E-state index in [1.54, 1.807) is 67.1 Å². The summed E-state index contributed by atoms with van der Waals surface area (Å²) in [5, 5.41) is 0.633. The van der Waals surface area contributed by atoms with Crippen LogP contribution in [0.4, 0.5) is 5.69 Å². The van der Waals surface area contributed by atoms with Gasteiger partial charge in [0.25, 0.3) is 10.0 Å². The van der Waals surface area contributed by atoms with Crippen molar-refractivity contribution in [2.75, 3.05) is 4.72 Å². The van der Waals surface area contributed by atoms with Gasteiger partial charge in [0.2, 0.25) is 0 Å². The van der Waals surface area contributed by atoms with Crippen molar-refractivity contribution in [1.29, 1.82) is 0 Å². The summed E-state index contributed by atoms with van der Waals surface area (Å²) in [5.74, 6) is 6.61. The molecule has 0 bridgehead atoms. The number of sulfonamides is 1. The van der Waals surface area contributed by atoms with Gasteiger partial charge in [-0.1, -0.05) is 30.0 Å². The Labute approximate surface area is 187 Å². The lowest BCUT2D eigenvalue weighted by molar-refractivity contribution is 0.245. The second-order valence-electron chi connectivity index (χ2n) is 7.27. The molecule has 160 valence electrons. The average Bonchev–Trinajstić information content (AvgIpc) is 2.78. The van der Waals surface area contributed by atoms with Gasteiger partial charge in [0, 0.05) is 35.1 Å². The number of pyridine rings is 2. The Balaban J connectivity index is 1.73. The molecule has 1 N–H and O–H groups in total. The van der Waals surface area contributed by atoms with Crippen molar-refractivity contribution >= 4 is 26.6 Å². The van der Waals surface area contributed by atoms with Gasteiger partial charge in [-0.2, -0.15) is 0 Å². The minimum atomic E-state index is -3.94. The van der Waals surface area contributed by atoms with Gasteiger partial charge in [-0.15, -0.1) is 0 Å². The fourth-order valence-electron chi connectivity index (χ4n) is 3.15. The van der Waals surface area contributed by atoms with E-state index in [1.165, 1.54) is 6.07 Å². The maximum atomic E-state index is 13.3. The molecule has 0 saturated carbocycles. The van der Waals surface area contributed by atoms with Gasteiger partial charge < -0.3 is 4.74 Å². The van der Waals surface area contributed by atoms with E-state index >= 15 is 0 Å². The third-order valence-electron chi connectivity index (χ3n) is 4.52. The van der Waals surface area contributed by atoms with Gasteiger partial charge in [0.15, 0.2) is 0 Å². The molecule has 2 aromatic carbocycles. The van der Waals surface area contributed by atoms with Gasteiger partial charge in [0.1, 0.15) is 10.6 Å². The van der Waals surface area contributed by atoms with Crippen molar-refractivity contribution < 1.29 is 13.2 Å². The predicted molar refractivity (Wildman–Crippen MR) is 125 cm³/mol. The molecule has 0 atom stereocenters. The molecule has 32 heavy (non-hydrogen) atoms. The van der Waals surface area contributed by atoms with E-state index in [0.717, 1.165) is 5.56 Å². The van der Waals surface area contributed by atoms with Crippen LogP contribution in [0.15, 0.2) is 84.1 Å². The molecule has 0 amide bonds. The highest BCUT2D eigenvalue weighted by Gasteiger charge is 2.21. The molecule has 2 aromatic heterocycles. The lowest BCUT2D eigenvalue weighted by Gasteiger charge is -2.14. The molecule has 0 aliphatic rings. The summed E-state index contributed by atoms with van der Waals surface area (Å²) in [5.41, 5.74) is 2.02. The van der Waals surface area contributed by atoms with Gasteiger partial charge in [-0.3, -0.25) is 14.7 Å². The SMILES string of the molecule is CC(C)Oc1ccnc2c(S(=O)(=O)Nc3ccccc3C#Cc3cccnc3)cccc12. The number of ether oxygens (including phenoxy) is 1. The van der Waals surface area contributed by atoms with Gasteiger partial charge in [-0.25, -0.2) is 8.42 Å². The number of fused-ring (bicyclic) bond motifs is 1. The summed E-state index contributed by atoms with van der Waals surface area (Å²) in [6, 6.07) is 17.4. The number of aromatic nitrogens is 2. The Kier molecular flexibility index (Phi) is 6.06. The maximum Gasteiger partial charge on any atom is 0.264 e. The van der Waals surface area contributed by atoms with Crippen molar-refractivity contribution in [2.45, 2.75) is 24.8 Å². The van der Waals surface area contributed by atoms with Gasteiger partial charge in [-0.05, 0) is 56.3 Å². The number of rotatable bonds is 5. The van der Waals surface area contributed by atoms with Crippen LogP contribution in [0.5, 0.6) is 5.75 Å². The third kappa shape index (κ3) is 4.71. The topological polar surface area (TPSA) is 81.2 Å². The second kappa shape index (κ2) is 9.08. The summed E-state index contributed by atoms with van der Waals surface area (Å²) >= 11 is 0. The van der Waals surface area contributed by atoms with Crippen molar-refractivity contribution in [3.8, 4) is 17.6 Å². The largest absolute Gasteiger partial charge is 0.490 e. The average molecular weight is 444 g/mol. The lowest BCUT2D eigenvalue weighted by Crippen LogP contribution is -2.15. The Morgan fingerprint density at radius 2 is 1.78 bits per heavy atom. The fraction of sp³-hybridized carbons (Fsp3) is 0.120. The molecule has 4 aromatic rings. The molecule has 0 saturated heterocycles. The minimum Gasteiger partial charge on any atom is -0.490 e. The molecule has 0 spiro atoms. The Bertz CT molecular complexity index is 1420. The van der Waals surface area contributed by atoms with E-state index in [2.05, 4.69) is 26.5 Å². The van der Waals surface area contributed by atoms with Crippen LogP contribution in [0, 0.1) is 11.8 Å². The first kappa shape index (κ1) is 21.3. The van der Waals surface area contributed by atoms with Crippen molar-refractivity contribution in [3.63, 3.8) is 0 Å². The molecular formula is C25H21N3O3S. The second-order valence-corrected chi connectivity index (χ2v) is 8.92. The standard InChI is InChI=1S/C25H21N3O3S/c1-18(2)31-23-14-16-27-25-21(23)9-5-11-24(25)32(29,30)28-22-10-4-3-8-20(22)13-12-19-7-6-15-26-17-19/h3-11,14-18,28H,1-2H3. The summed E-state index contributed by atoms with van der Waals surface area (Å²) in [7, 11) is -3.94. The van der Waals surface area contributed by atoms with Gasteiger partial charge >= 0.3 is 0 Å². The number of hydrogen-bond acceptors (Lipinski definition) is 5. The molecule has 4 rings (SSSR count). The molecule has 0 fully saturated rings. The monoisotopic (exact) mass is 443 g/mol. The van der Waals surface area contributed by atoms with Crippen molar-refractivity contribution in [3.05, 3.63) is 90.4 Å². The summed E-state index contributed by atoms with van der Waals surface area (Å²) < 4.78 is 35.1. The lowest BCUT2D eigenvalue weighted by atomic mass is 10.2. The maximum absolute atomic E-state index is 13.3. The highest BCUT2D eigenvalue weighted by molar-refractivity contribution is 7.93. The van der Waals surface area contributed by atoms with Crippen LogP contribution in [0.2, 0.25) is 0 Å². The molecule has 0 aliphatic heterocycles. The van der Waals surface area contributed by atoms with E-state index in [0.29, 0.717) is 27.9 Å². The van der Waals surface area contributed by atoms with Crippen LogP contribution in [-0.4, -0.2) is 24.5 Å². The zero-order chi connectivity index (χ0) is 22.6. The highest BCUT2D eigenvalue weighted by Crippen LogP contribution is 2.30. The van der Waals surface area contributed by atoms with Crippen LogP contribution in [0.25, 0.3) is 10.9 Å². The number of benzene rings is 2. The summed E-state index contributed by atoms with van der Waals surface area (Å²) in [4.78, 5) is 8.43. The zero-order valence-corrected chi connectivity index (χ0v) is 18.4. The predicted octanol–water partition coefficient (Wildman–Crippen LogP) is 4.62. The minimum absolute atomic E-state index is 0.0516. The number of nitrogens with zero attached hydrogens (tertiary/aromatic N) is 2. The van der Waals surface area contributed by atoms with Crippen LogP contribution < -0.4 is 9.46 Å². The van der Waals surface area contributed by atoms with Crippen molar-refractivity contribution in [1.82, 2.24) is 9.97 Å². The molecule has 2 heterocycles. The van der Waals surface area contributed by atoms with Crippen LogP contribution in [0.1, 0.15) is 25.0 Å². The van der Waals surface area contributed by atoms with Crippen LogP contribution >= 0.6 is 0 Å². The normalized spacial score (nSPS) is 11.1. The first-order chi connectivity index (χ1) is 15.4. The molecule has 7 heteroatoms. The Hall–Kier alpha value is -3.89. The summed E-state index contributed by atoms with van der Waals surface area (Å²) in [6.07, 6.45) is 4.82. The van der Waals surface area contributed by atoms with E-state index in [1.807, 2.05) is 19.9 Å². The van der Waals surface area contributed by atoms with Gasteiger partial charge in [0.05, 0.1) is 17.3 Å². The smallest absolute Gasteiger partial charge is 0.264 e. The Morgan fingerprint density at radius 3 is 2.56 bits per heavy atom. The zero-order valence-electron chi connectivity index (χ0n) is 17.6. The molecule has 0 radical (unpaired) electrons. The van der Waals surface area contributed by atoms with Crippen molar-refractivity contribution in [2.24, 2.45) is 0 Å². The van der Waals surface area contributed by atoms with E-state index in [-0.39, 0.29) is 11.0 Å². The number of hydrogen-bond donors (Lipinski definition) is 1. The van der Waals surface area contributed by atoms with E-state index in [9.17, 15) is 8.42 Å². The molecule has 6 nitrogen and oxygen atoms in total. The van der Waals surface area contributed by atoms with Crippen LogP contribution in [-0.2, 0) is 10.0 Å². The first-order valence-corrected chi connectivity index (χ1v) is 11.5. The number of nitrogens with one attached hydrogen (secondary N) is 1. The summed E-state index contributed by atoms with van der Waals surface area (Å²) in [6.45, 7) is 3.83. The number of para-hydroxylation sites is 2. The first-order valence-electron chi connectivity index (χ1n) is 10.0. The Morgan fingerprint density at radius 1 is 0.938 bits per heavy atom. The quantitative estimate of drug-likeness (QED) is 0.455. The number of anilines is 1. The van der Waals surface area contributed by atoms with E-state index < -0.39 is 10.0 Å². The van der Waals surface area contributed by atoms with Crippen LogP contribution in [0.3, 0.4) is 0 Å². The molecular weight excluding hydrogens is 422 g/mol. The highest BCUT2D eigenvalue weighted by atomic mass is 32.2. The molecule has 0 unspecified atom stereocenters. The third-order valence-corrected chi connectivity index (χ3v) is 5.92. The van der Waals surface area contributed by atoms with E-state index in [4.69, 9.17) is 4.74 Å². The fourth-order valence-corrected chi connectivity index (χ4v) is 4.41. The molecule has 0 aliphatic carbocycles.